The monoisotopic (exact) mass is 263 g/mol. The normalized spacial score (nSPS) is 11.0. The highest BCUT2D eigenvalue weighted by molar-refractivity contribution is 9.10. The molecule has 0 spiro atoms. The summed E-state index contributed by atoms with van der Waals surface area (Å²) in [5.74, 6) is 0.0595. The van der Waals surface area contributed by atoms with Crippen LogP contribution in [-0.4, -0.2) is 4.98 Å². The molecule has 1 heterocycles. The fourth-order valence-electron chi connectivity index (χ4n) is 1.06. The second kappa shape index (κ2) is 3.27. The maximum Gasteiger partial charge on any atom is 0.210 e. The van der Waals surface area contributed by atoms with Crippen molar-refractivity contribution >= 4 is 38.6 Å². The van der Waals surface area contributed by atoms with Gasteiger partial charge in [-0.3, -0.25) is 0 Å². The van der Waals surface area contributed by atoms with E-state index in [0.29, 0.717) is 15.9 Å². The van der Waals surface area contributed by atoms with Gasteiger partial charge < -0.3 is 4.42 Å². The number of hydrogen-bond acceptors (Lipinski definition) is 2. The molecular formula is C8H4BrClFNO. The number of oxazole rings is 1. The lowest BCUT2D eigenvalue weighted by atomic mass is 10.3. The molecule has 2 aromatic rings. The molecule has 0 fully saturated rings. The topological polar surface area (TPSA) is 26.0 Å². The van der Waals surface area contributed by atoms with E-state index >= 15 is 0 Å². The quantitative estimate of drug-likeness (QED) is 0.737. The van der Waals surface area contributed by atoms with Crippen molar-refractivity contribution in [1.29, 1.82) is 0 Å². The van der Waals surface area contributed by atoms with Crippen LogP contribution >= 0.6 is 27.5 Å². The molecule has 0 radical (unpaired) electrons. The summed E-state index contributed by atoms with van der Waals surface area (Å²) >= 11 is 8.65. The molecule has 1 aromatic heterocycles. The van der Waals surface area contributed by atoms with E-state index in [9.17, 15) is 4.39 Å². The first-order valence-corrected chi connectivity index (χ1v) is 4.84. The molecule has 13 heavy (non-hydrogen) atoms. The van der Waals surface area contributed by atoms with Crippen molar-refractivity contribution in [3.63, 3.8) is 0 Å². The third-order valence-corrected chi connectivity index (χ3v) is 2.26. The molecule has 0 bridgehead atoms. The highest BCUT2D eigenvalue weighted by Crippen LogP contribution is 2.24. The van der Waals surface area contributed by atoms with Crippen LogP contribution in [0.25, 0.3) is 11.1 Å². The molecule has 2 nitrogen and oxygen atoms in total. The summed E-state index contributed by atoms with van der Waals surface area (Å²) in [6.07, 6.45) is 0. The van der Waals surface area contributed by atoms with Crippen molar-refractivity contribution in [2.75, 3.05) is 0 Å². The Hall–Kier alpha value is -0.610. The van der Waals surface area contributed by atoms with E-state index in [4.69, 9.17) is 16.0 Å². The van der Waals surface area contributed by atoms with Gasteiger partial charge in [-0.15, -0.1) is 11.6 Å². The standard InChI is InChI=1S/C8H4BrClFNO/c9-4-1-5(11)8-6(2-4)13-7(3-10)12-8/h1-2H,3H2. The molecule has 0 aliphatic rings. The second-order valence-corrected chi connectivity index (χ2v) is 3.66. The average Bonchev–Trinajstić information content (AvgIpc) is 2.47. The first kappa shape index (κ1) is 8.97. The lowest BCUT2D eigenvalue weighted by Crippen LogP contribution is -1.78. The van der Waals surface area contributed by atoms with Crippen LogP contribution < -0.4 is 0 Å². The van der Waals surface area contributed by atoms with Crippen LogP contribution in [0.1, 0.15) is 5.89 Å². The molecule has 2 rings (SSSR count). The van der Waals surface area contributed by atoms with Crippen molar-refractivity contribution in [3.05, 3.63) is 28.3 Å². The van der Waals surface area contributed by atoms with Crippen molar-refractivity contribution in [3.8, 4) is 0 Å². The zero-order valence-corrected chi connectivity index (χ0v) is 8.69. The summed E-state index contributed by atoms with van der Waals surface area (Å²) in [5, 5.41) is 0. The molecule has 5 heteroatoms. The Morgan fingerprint density at radius 1 is 1.54 bits per heavy atom. The number of benzene rings is 1. The zero-order valence-electron chi connectivity index (χ0n) is 6.35. The van der Waals surface area contributed by atoms with Crippen LogP contribution in [0, 0.1) is 5.82 Å². The van der Waals surface area contributed by atoms with E-state index in [0.717, 1.165) is 0 Å². The molecular weight excluding hydrogens is 260 g/mol. The van der Waals surface area contributed by atoms with Crippen LogP contribution in [0.4, 0.5) is 4.39 Å². The van der Waals surface area contributed by atoms with Crippen molar-refractivity contribution in [1.82, 2.24) is 4.98 Å². The van der Waals surface area contributed by atoms with Crippen molar-refractivity contribution in [2.45, 2.75) is 5.88 Å². The van der Waals surface area contributed by atoms with Crippen LogP contribution in [0.3, 0.4) is 0 Å². The largest absolute Gasteiger partial charge is 0.439 e. The molecule has 0 aliphatic heterocycles. The summed E-state index contributed by atoms with van der Waals surface area (Å²) in [5.41, 5.74) is 0.626. The highest BCUT2D eigenvalue weighted by atomic mass is 79.9. The Kier molecular flexibility index (Phi) is 2.26. The van der Waals surface area contributed by atoms with Gasteiger partial charge in [-0.1, -0.05) is 15.9 Å². The van der Waals surface area contributed by atoms with E-state index in [1.807, 2.05) is 0 Å². The molecule has 0 amide bonds. The minimum absolute atomic E-state index is 0.145. The second-order valence-electron chi connectivity index (χ2n) is 2.48. The predicted molar refractivity (Wildman–Crippen MR) is 51.2 cm³/mol. The van der Waals surface area contributed by atoms with Crippen molar-refractivity contribution in [2.24, 2.45) is 0 Å². The molecule has 0 saturated carbocycles. The molecule has 0 aliphatic carbocycles. The SMILES string of the molecule is Fc1cc(Br)cc2oc(CCl)nc12. The number of aromatic nitrogens is 1. The number of nitrogens with zero attached hydrogens (tertiary/aromatic N) is 1. The minimum atomic E-state index is -0.413. The van der Waals surface area contributed by atoms with Gasteiger partial charge >= 0.3 is 0 Å². The number of fused-ring (bicyclic) bond motifs is 1. The lowest BCUT2D eigenvalue weighted by Gasteiger charge is -1.90. The number of alkyl halides is 1. The van der Waals surface area contributed by atoms with Crippen LogP contribution in [-0.2, 0) is 5.88 Å². The number of halogens is 3. The molecule has 0 unspecified atom stereocenters. The fourth-order valence-corrected chi connectivity index (χ4v) is 1.58. The van der Waals surface area contributed by atoms with Crippen LogP contribution in [0.15, 0.2) is 21.0 Å². The summed E-state index contributed by atoms with van der Waals surface area (Å²) in [7, 11) is 0. The first-order chi connectivity index (χ1) is 6.20. The van der Waals surface area contributed by atoms with Crippen LogP contribution in [0.5, 0.6) is 0 Å². The van der Waals surface area contributed by atoms with Gasteiger partial charge in [0.15, 0.2) is 11.4 Å². The van der Waals surface area contributed by atoms with E-state index in [2.05, 4.69) is 20.9 Å². The third kappa shape index (κ3) is 1.56. The van der Waals surface area contributed by atoms with Crippen LogP contribution in [0.2, 0.25) is 0 Å². The maximum absolute atomic E-state index is 13.2. The minimum Gasteiger partial charge on any atom is -0.439 e. The maximum atomic E-state index is 13.2. The Balaban J connectivity index is 2.75. The smallest absolute Gasteiger partial charge is 0.210 e. The molecule has 0 N–H and O–H groups in total. The van der Waals surface area contributed by atoms with Crippen molar-refractivity contribution < 1.29 is 8.81 Å². The van der Waals surface area contributed by atoms with Gasteiger partial charge in [0.2, 0.25) is 5.89 Å². The van der Waals surface area contributed by atoms with E-state index < -0.39 is 5.82 Å². The predicted octanol–water partition coefficient (Wildman–Crippen LogP) is 3.47. The summed E-state index contributed by atoms with van der Waals surface area (Å²) < 4.78 is 19.0. The Morgan fingerprint density at radius 3 is 3.00 bits per heavy atom. The highest BCUT2D eigenvalue weighted by Gasteiger charge is 2.10. The molecule has 1 aromatic carbocycles. The van der Waals surface area contributed by atoms with Gasteiger partial charge in [0.25, 0.3) is 0 Å². The van der Waals surface area contributed by atoms with Gasteiger partial charge in [0.1, 0.15) is 5.52 Å². The Morgan fingerprint density at radius 2 is 2.31 bits per heavy atom. The summed E-state index contributed by atoms with van der Waals surface area (Å²) in [6.45, 7) is 0. The summed E-state index contributed by atoms with van der Waals surface area (Å²) in [6, 6.07) is 2.99. The molecule has 0 atom stereocenters. The first-order valence-electron chi connectivity index (χ1n) is 3.51. The summed E-state index contributed by atoms with van der Waals surface area (Å²) in [4.78, 5) is 3.88. The molecule has 0 saturated heterocycles. The fraction of sp³-hybridized carbons (Fsp3) is 0.125. The number of hydrogen-bond donors (Lipinski definition) is 0. The van der Waals surface area contributed by atoms with Gasteiger partial charge in [-0.2, -0.15) is 0 Å². The average molecular weight is 264 g/mol. The van der Waals surface area contributed by atoms with Gasteiger partial charge in [-0.25, -0.2) is 9.37 Å². The number of rotatable bonds is 1. The van der Waals surface area contributed by atoms with Gasteiger partial charge in [-0.05, 0) is 12.1 Å². The third-order valence-electron chi connectivity index (χ3n) is 1.57. The molecule has 68 valence electrons. The van der Waals surface area contributed by atoms with E-state index in [-0.39, 0.29) is 11.4 Å². The Labute approximate surface area is 86.8 Å². The zero-order chi connectivity index (χ0) is 9.42. The lowest BCUT2D eigenvalue weighted by molar-refractivity contribution is 0.554. The van der Waals surface area contributed by atoms with Gasteiger partial charge in [0, 0.05) is 4.47 Å². The van der Waals surface area contributed by atoms with E-state index in [1.54, 1.807) is 6.07 Å². The van der Waals surface area contributed by atoms with Gasteiger partial charge in [0.05, 0.1) is 5.88 Å². The van der Waals surface area contributed by atoms with E-state index in [1.165, 1.54) is 6.07 Å². The Bertz CT molecular complexity index is 457.